The highest BCUT2D eigenvalue weighted by atomic mass is 15.0. The number of nitrogens with one attached hydrogen (secondary N) is 1. The van der Waals surface area contributed by atoms with Crippen molar-refractivity contribution < 1.29 is 0 Å². The topological polar surface area (TPSA) is 48.2 Å². The Morgan fingerprint density at radius 2 is 1.71 bits per heavy atom. The van der Waals surface area contributed by atoms with Gasteiger partial charge in [0.2, 0.25) is 0 Å². The van der Waals surface area contributed by atoms with E-state index in [0.717, 1.165) is 12.3 Å². The van der Waals surface area contributed by atoms with Crippen molar-refractivity contribution in [3.05, 3.63) is 0 Å². The number of nitrogens with zero attached hydrogens (tertiary/aromatic N) is 2. The SMILES string of the molecule is CC(C)(C)CC(=NC(C)(C)C)NC#N. The van der Waals surface area contributed by atoms with Crippen LogP contribution in [0.5, 0.6) is 0 Å². The van der Waals surface area contributed by atoms with Crippen LogP contribution in [0.3, 0.4) is 0 Å². The molecule has 0 radical (unpaired) electrons. The maximum absolute atomic E-state index is 8.59. The first-order valence-electron chi connectivity index (χ1n) is 4.88. The van der Waals surface area contributed by atoms with Gasteiger partial charge in [-0.3, -0.25) is 10.3 Å². The number of amidine groups is 1. The maximum atomic E-state index is 8.59. The average Bonchev–Trinajstić information content (AvgIpc) is 1.78. The first-order valence-corrected chi connectivity index (χ1v) is 4.88. The van der Waals surface area contributed by atoms with Gasteiger partial charge in [-0.25, -0.2) is 0 Å². The van der Waals surface area contributed by atoms with Crippen molar-refractivity contribution in [1.29, 1.82) is 5.26 Å². The molecular weight excluding hydrogens is 174 g/mol. The van der Waals surface area contributed by atoms with Crippen LogP contribution in [-0.2, 0) is 0 Å². The number of nitriles is 1. The van der Waals surface area contributed by atoms with E-state index in [1.54, 1.807) is 0 Å². The predicted molar refractivity (Wildman–Crippen MR) is 60.0 cm³/mol. The van der Waals surface area contributed by atoms with Crippen molar-refractivity contribution in [3.63, 3.8) is 0 Å². The number of hydrogen-bond acceptors (Lipinski definition) is 2. The fraction of sp³-hybridized carbons (Fsp3) is 0.818. The summed E-state index contributed by atoms with van der Waals surface area (Å²) in [7, 11) is 0. The Balaban J connectivity index is 4.63. The molecule has 0 amide bonds. The van der Waals surface area contributed by atoms with Crippen LogP contribution in [0, 0.1) is 16.9 Å². The van der Waals surface area contributed by atoms with Crippen molar-refractivity contribution in [1.82, 2.24) is 5.32 Å². The minimum atomic E-state index is -0.134. The van der Waals surface area contributed by atoms with Gasteiger partial charge >= 0.3 is 0 Å². The van der Waals surface area contributed by atoms with E-state index in [-0.39, 0.29) is 11.0 Å². The summed E-state index contributed by atoms with van der Waals surface area (Å²) in [6.45, 7) is 12.5. The Morgan fingerprint density at radius 3 is 2.00 bits per heavy atom. The first kappa shape index (κ1) is 13.0. The largest absolute Gasteiger partial charge is 0.281 e. The third kappa shape index (κ3) is 7.60. The van der Waals surface area contributed by atoms with Crippen LogP contribution in [0.1, 0.15) is 48.0 Å². The van der Waals surface area contributed by atoms with E-state index in [9.17, 15) is 0 Å². The van der Waals surface area contributed by atoms with E-state index in [2.05, 4.69) is 31.1 Å². The van der Waals surface area contributed by atoms with Crippen LogP contribution in [0.2, 0.25) is 0 Å². The molecule has 3 nitrogen and oxygen atoms in total. The molecule has 0 unspecified atom stereocenters. The zero-order valence-electron chi connectivity index (χ0n) is 10.1. The fourth-order valence-electron chi connectivity index (χ4n) is 1.08. The minimum absolute atomic E-state index is 0.134. The second-order valence-electron chi connectivity index (χ2n) is 5.70. The van der Waals surface area contributed by atoms with Crippen molar-refractivity contribution in [2.45, 2.75) is 53.5 Å². The Hall–Kier alpha value is -1.04. The lowest BCUT2D eigenvalue weighted by Crippen LogP contribution is -2.27. The summed E-state index contributed by atoms with van der Waals surface area (Å²) in [5.41, 5.74) is 0.0123. The smallest absolute Gasteiger partial charge is 0.182 e. The molecule has 0 aliphatic carbocycles. The molecule has 0 spiro atoms. The monoisotopic (exact) mass is 195 g/mol. The molecule has 0 atom stereocenters. The molecule has 0 saturated heterocycles. The molecule has 80 valence electrons. The Kier molecular flexibility index (Phi) is 4.12. The lowest BCUT2D eigenvalue weighted by molar-refractivity contribution is 0.427. The Bertz CT molecular complexity index is 245. The van der Waals surface area contributed by atoms with Gasteiger partial charge in [0.1, 0.15) is 5.84 Å². The highest BCUT2D eigenvalue weighted by Gasteiger charge is 2.17. The molecule has 0 saturated carbocycles. The van der Waals surface area contributed by atoms with Gasteiger partial charge in [0.15, 0.2) is 6.19 Å². The Morgan fingerprint density at radius 1 is 1.21 bits per heavy atom. The van der Waals surface area contributed by atoms with Gasteiger partial charge < -0.3 is 0 Å². The van der Waals surface area contributed by atoms with Crippen molar-refractivity contribution in [2.24, 2.45) is 10.4 Å². The van der Waals surface area contributed by atoms with E-state index in [1.165, 1.54) is 0 Å². The summed E-state index contributed by atoms with van der Waals surface area (Å²) < 4.78 is 0. The average molecular weight is 195 g/mol. The highest BCUT2D eigenvalue weighted by Crippen LogP contribution is 2.20. The molecule has 0 aliphatic rings. The van der Waals surface area contributed by atoms with Gasteiger partial charge in [-0.15, -0.1) is 0 Å². The third-order valence-electron chi connectivity index (χ3n) is 1.37. The van der Waals surface area contributed by atoms with Crippen LogP contribution in [-0.4, -0.2) is 11.4 Å². The summed E-state index contributed by atoms with van der Waals surface area (Å²) in [6, 6.07) is 0. The standard InChI is InChI=1S/C11H21N3/c1-10(2,3)7-9(13-8-12)14-11(4,5)6/h7H2,1-6H3,(H,13,14). The molecule has 3 heteroatoms. The van der Waals surface area contributed by atoms with Crippen molar-refractivity contribution >= 4 is 5.84 Å². The normalized spacial score (nSPS) is 13.6. The van der Waals surface area contributed by atoms with Gasteiger partial charge in [0.25, 0.3) is 0 Å². The minimum Gasteiger partial charge on any atom is -0.281 e. The summed E-state index contributed by atoms with van der Waals surface area (Å²) >= 11 is 0. The van der Waals surface area contributed by atoms with Gasteiger partial charge in [-0.1, -0.05) is 20.8 Å². The second-order valence-corrected chi connectivity index (χ2v) is 5.70. The van der Waals surface area contributed by atoms with Crippen molar-refractivity contribution in [3.8, 4) is 6.19 Å². The van der Waals surface area contributed by atoms with Gasteiger partial charge in [0, 0.05) is 6.42 Å². The summed E-state index contributed by atoms with van der Waals surface area (Å²) in [4.78, 5) is 4.47. The summed E-state index contributed by atoms with van der Waals surface area (Å²) in [5, 5.41) is 11.2. The van der Waals surface area contributed by atoms with E-state index in [1.807, 2.05) is 27.0 Å². The molecule has 0 aliphatic heterocycles. The van der Waals surface area contributed by atoms with Crippen LogP contribution >= 0.6 is 0 Å². The number of aliphatic imine (C=N–C) groups is 1. The third-order valence-corrected chi connectivity index (χ3v) is 1.37. The van der Waals surface area contributed by atoms with Crippen LogP contribution in [0.15, 0.2) is 4.99 Å². The summed E-state index contributed by atoms with van der Waals surface area (Å²) in [5.74, 6) is 0.771. The van der Waals surface area contributed by atoms with E-state index in [4.69, 9.17) is 5.26 Å². The lowest BCUT2D eigenvalue weighted by atomic mass is 9.91. The molecule has 14 heavy (non-hydrogen) atoms. The predicted octanol–water partition coefficient (Wildman–Crippen LogP) is 2.69. The highest BCUT2D eigenvalue weighted by molar-refractivity contribution is 5.84. The fourth-order valence-corrected chi connectivity index (χ4v) is 1.08. The molecular formula is C11H21N3. The molecule has 1 N–H and O–H groups in total. The lowest BCUT2D eigenvalue weighted by Gasteiger charge is -2.21. The molecule has 0 aromatic heterocycles. The van der Waals surface area contributed by atoms with E-state index >= 15 is 0 Å². The van der Waals surface area contributed by atoms with E-state index < -0.39 is 0 Å². The van der Waals surface area contributed by atoms with Gasteiger partial charge in [-0.05, 0) is 26.2 Å². The number of hydrogen-bond donors (Lipinski definition) is 1. The molecule has 0 heterocycles. The second kappa shape index (κ2) is 4.45. The molecule has 0 rings (SSSR count). The zero-order valence-corrected chi connectivity index (χ0v) is 10.1. The van der Waals surface area contributed by atoms with Crippen LogP contribution in [0.25, 0.3) is 0 Å². The first-order chi connectivity index (χ1) is 6.14. The maximum Gasteiger partial charge on any atom is 0.182 e. The zero-order chi connectivity index (χ0) is 11.4. The molecule has 0 aromatic rings. The van der Waals surface area contributed by atoms with Crippen molar-refractivity contribution in [2.75, 3.05) is 0 Å². The van der Waals surface area contributed by atoms with Gasteiger partial charge in [0.05, 0.1) is 5.54 Å². The van der Waals surface area contributed by atoms with Crippen LogP contribution < -0.4 is 5.32 Å². The molecule has 0 bridgehead atoms. The molecule has 0 fully saturated rings. The van der Waals surface area contributed by atoms with Crippen LogP contribution in [0.4, 0.5) is 0 Å². The van der Waals surface area contributed by atoms with E-state index in [0.29, 0.717) is 0 Å². The quantitative estimate of drug-likeness (QED) is 0.303. The van der Waals surface area contributed by atoms with Gasteiger partial charge in [-0.2, -0.15) is 5.26 Å². The number of rotatable bonds is 1. The summed E-state index contributed by atoms with van der Waals surface area (Å²) in [6.07, 6.45) is 2.72. The Labute approximate surface area is 87.2 Å². The molecule has 0 aromatic carbocycles.